The minimum atomic E-state index is -0.497. The zero-order valence-corrected chi connectivity index (χ0v) is 21.0. The predicted octanol–water partition coefficient (Wildman–Crippen LogP) is 5.19. The molecule has 1 fully saturated rings. The molecule has 0 aliphatic carbocycles. The van der Waals surface area contributed by atoms with Crippen LogP contribution in [0.2, 0.25) is 5.02 Å². The van der Waals surface area contributed by atoms with Crippen LogP contribution in [0.1, 0.15) is 30.5 Å². The van der Waals surface area contributed by atoms with Gasteiger partial charge in [-0.3, -0.25) is 9.59 Å². The van der Waals surface area contributed by atoms with Crippen molar-refractivity contribution in [3.63, 3.8) is 0 Å². The van der Waals surface area contributed by atoms with Crippen molar-refractivity contribution in [3.8, 4) is 0 Å². The van der Waals surface area contributed by atoms with Crippen LogP contribution >= 0.6 is 23.7 Å². The number of carbonyl (C=O) groups excluding carboxylic acids is 2. The summed E-state index contributed by atoms with van der Waals surface area (Å²) < 4.78 is 18.1. The molecule has 6 nitrogen and oxygen atoms in total. The van der Waals surface area contributed by atoms with E-state index in [1.165, 1.54) is 30.3 Å². The van der Waals surface area contributed by atoms with Gasteiger partial charge in [0.2, 0.25) is 12.3 Å². The van der Waals surface area contributed by atoms with Gasteiger partial charge in [-0.2, -0.15) is 0 Å². The number of hydrogen-bond acceptors (Lipinski definition) is 5. The van der Waals surface area contributed by atoms with Crippen molar-refractivity contribution in [3.05, 3.63) is 101 Å². The summed E-state index contributed by atoms with van der Waals surface area (Å²) in [6.07, 6.45) is 1.45. The minimum Gasteiger partial charge on any atom is -0.348 e. The maximum absolute atomic E-state index is 13.0. The fraction of sp³-hybridized carbons (Fsp3) is 0.231. The molecular weight excluding hydrogens is 487 g/mol. The molecule has 4 rings (SSSR count). The molecule has 35 heavy (non-hydrogen) atoms. The van der Waals surface area contributed by atoms with Gasteiger partial charge in [0.25, 0.3) is 0 Å². The highest BCUT2D eigenvalue weighted by Crippen LogP contribution is 2.24. The SMILES string of the molecule is CC1CC(C(=O)Nc2ccc(F)c(Cl)c2)N(C)SN1.O=CNC(c1ccccc1)c1ccccc1. The quantitative estimate of drug-likeness (QED) is 0.312. The van der Waals surface area contributed by atoms with Crippen LogP contribution < -0.4 is 15.4 Å². The maximum atomic E-state index is 13.0. The molecular formula is C26H28ClFN4O2S. The molecule has 0 radical (unpaired) electrons. The number of carbonyl (C=O) groups is 2. The maximum Gasteiger partial charge on any atom is 0.242 e. The number of likely N-dealkylation sites (N-methyl/N-ethyl adjacent to an activating group) is 1. The van der Waals surface area contributed by atoms with Gasteiger partial charge in [-0.05, 0) is 49.7 Å². The van der Waals surface area contributed by atoms with E-state index in [0.717, 1.165) is 17.5 Å². The lowest BCUT2D eigenvalue weighted by Gasteiger charge is -2.33. The van der Waals surface area contributed by atoms with E-state index in [0.29, 0.717) is 12.1 Å². The second-order valence-electron chi connectivity index (χ2n) is 8.06. The average Bonchev–Trinajstić information content (AvgIpc) is 2.87. The Labute approximate surface area is 214 Å². The average molecular weight is 515 g/mol. The fourth-order valence-electron chi connectivity index (χ4n) is 3.58. The highest BCUT2D eigenvalue weighted by Gasteiger charge is 2.30. The molecule has 0 aromatic heterocycles. The highest BCUT2D eigenvalue weighted by atomic mass is 35.5. The van der Waals surface area contributed by atoms with E-state index in [4.69, 9.17) is 11.6 Å². The van der Waals surface area contributed by atoms with Gasteiger partial charge in [-0.1, -0.05) is 72.3 Å². The van der Waals surface area contributed by atoms with Crippen molar-refractivity contribution < 1.29 is 14.0 Å². The van der Waals surface area contributed by atoms with Crippen molar-refractivity contribution in [1.82, 2.24) is 14.3 Å². The molecule has 1 heterocycles. The molecule has 0 saturated carbocycles. The summed E-state index contributed by atoms with van der Waals surface area (Å²) in [6, 6.07) is 23.9. The number of rotatable bonds is 6. The summed E-state index contributed by atoms with van der Waals surface area (Å²) in [5, 5.41) is 5.59. The molecule has 2 amide bonds. The van der Waals surface area contributed by atoms with E-state index in [-0.39, 0.29) is 29.1 Å². The smallest absolute Gasteiger partial charge is 0.242 e. The number of benzene rings is 3. The van der Waals surface area contributed by atoms with E-state index < -0.39 is 5.82 Å². The summed E-state index contributed by atoms with van der Waals surface area (Å²) in [7, 11) is 1.85. The van der Waals surface area contributed by atoms with E-state index in [2.05, 4.69) is 15.4 Å². The van der Waals surface area contributed by atoms with Crippen LogP contribution in [-0.2, 0) is 9.59 Å². The van der Waals surface area contributed by atoms with Gasteiger partial charge in [0.05, 0.1) is 11.1 Å². The van der Waals surface area contributed by atoms with Gasteiger partial charge >= 0.3 is 0 Å². The number of amides is 2. The van der Waals surface area contributed by atoms with Gasteiger partial charge in [-0.15, -0.1) is 0 Å². The Morgan fingerprint density at radius 2 is 1.71 bits per heavy atom. The lowest BCUT2D eigenvalue weighted by atomic mass is 9.99. The monoisotopic (exact) mass is 514 g/mol. The zero-order valence-electron chi connectivity index (χ0n) is 19.4. The molecule has 1 aliphatic heterocycles. The molecule has 3 aromatic rings. The second-order valence-corrected chi connectivity index (χ2v) is 9.47. The number of anilines is 1. The third-order valence-corrected chi connectivity index (χ3v) is 6.74. The molecule has 1 saturated heterocycles. The van der Waals surface area contributed by atoms with Crippen molar-refractivity contribution in [2.24, 2.45) is 0 Å². The van der Waals surface area contributed by atoms with Gasteiger partial charge in [0.1, 0.15) is 11.9 Å². The highest BCUT2D eigenvalue weighted by molar-refractivity contribution is 7.95. The van der Waals surface area contributed by atoms with Crippen molar-refractivity contribution >= 4 is 41.7 Å². The van der Waals surface area contributed by atoms with Gasteiger partial charge < -0.3 is 10.6 Å². The first-order valence-electron chi connectivity index (χ1n) is 11.1. The Morgan fingerprint density at radius 3 is 2.26 bits per heavy atom. The molecule has 0 bridgehead atoms. The minimum absolute atomic E-state index is 0.000733. The second kappa shape index (κ2) is 13.3. The first kappa shape index (κ1) is 26.7. The molecule has 1 aliphatic rings. The van der Waals surface area contributed by atoms with Crippen LogP contribution in [0.3, 0.4) is 0 Å². The van der Waals surface area contributed by atoms with Crippen LogP contribution in [0.25, 0.3) is 0 Å². The van der Waals surface area contributed by atoms with E-state index in [1.54, 1.807) is 0 Å². The first-order chi connectivity index (χ1) is 16.9. The molecule has 2 unspecified atom stereocenters. The third-order valence-electron chi connectivity index (χ3n) is 5.40. The van der Waals surface area contributed by atoms with Gasteiger partial charge in [-0.25, -0.2) is 13.4 Å². The third kappa shape index (κ3) is 7.80. The standard InChI is InChI=1S/C14H13NO.C12H15ClFN3OS/c16-11-15-14(12-7-3-1-4-8-12)13-9-5-2-6-10-13;1-7-5-11(17(2)19-16-7)12(18)15-8-3-4-10(14)9(13)6-8/h1-11,14H,(H,15,16);3-4,6-7,11,16H,5H2,1-2H3,(H,15,18). The van der Waals surface area contributed by atoms with Crippen LogP contribution in [0.5, 0.6) is 0 Å². The first-order valence-corrected chi connectivity index (χ1v) is 12.2. The van der Waals surface area contributed by atoms with E-state index in [1.807, 2.05) is 78.9 Å². The topological polar surface area (TPSA) is 73.5 Å². The Kier molecular flexibility index (Phi) is 10.1. The Balaban J connectivity index is 0.000000198. The molecule has 2 atom stereocenters. The predicted molar refractivity (Wildman–Crippen MR) is 140 cm³/mol. The van der Waals surface area contributed by atoms with Crippen LogP contribution in [-0.4, -0.2) is 35.8 Å². The van der Waals surface area contributed by atoms with Gasteiger partial charge in [0.15, 0.2) is 0 Å². The lowest BCUT2D eigenvalue weighted by molar-refractivity contribution is -0.119. The van der Waals surface area contributed by atoms with Crippen LogP contribution in [0.4, 0.5) is 10.1 Å². The zero-order chi connectivity index (χ0) is 25.2. The number of nitrogens with zero attached hydrogens (tertiary/aromatic N) is 1. The molecule has 3 aromatic carbocycles. The summed E-state index contributed by atoms with van der Waals surface area (Å²) in [5.41, 5.74) is 2.67. The Morgan fingerprint density at radius 1 is 1.11 bits per heavy atom. The molecule has 184 valence electrons. The Hall–Kier alpha value is -2.91. The number of hydrogen-bond donors (Lipinski definition) is 3. The van der Waals surface area contributed by atoms with Gasteiger partial charge in [0, 0.05) is 23.9 Å². The number of nitrogens with one attached hydrogen (secondary N) is 3. The summed E-state index contributed by atoms with van der Waals surface area (Å²) in [4.78, 5) is 22.8. The Bertz CT molecular complexity index is 1070. The lowest BCUT2D eigenvalue weighted by Crippen LogP contribution is -2.48. The van der Waals surface area contributed by atoms with Crippen molar-refractivity contribution in [2.75, 3.05) is 12.4 Å². The molecule has 9 heteroatoms. The molecule has 0 spiro atoms. The van der Waals surface area contributed by atoms with Crippen LogP contribution in [0.15, 0.2) is 78.9 Å². The molecule has 3 N–H and O–H groups in total. The summed E-state index contributed by atoms with van der Waals surface area (Å²) in [6.45, 7) is 2.02. The van der Waals surface area contributed by atoms with Crippen molar-refractivity contribution in [1.29, 1.82) is 0 Å². The summed E-state index contributed by atoms with van der Waals surface area (Å²) in [5.74, 6) is -0.617. The van der Waals surface area contributed by atoms with E-state index in [9.17, 15) is 14.0 Å². The van der Waals surface area contributed by atoms with E-state index >= 15 is 0 Å². The fourth-order valence-corrected chi connectivity index (χ4v) is 4.52. The number of halogens is 2. The van der Waals surface area contributed by atoms with Crippen LogP contribution in [0, 0.1) is 5.82 Å². The largest absolute Gasteiger partial charge is 0.348 e. The summed E-state index contributed by atoms with van der Waals surface area (Å²) >= 11 is 7.10. The van der Waals surface area contributed by atoms with Crippen molar-refractivity contribution in [2.45, 2.75) is 31.5 Å². The normalized spacial score (nSPS) is 17.7.